The summed E-state index contributed by atoms with van der Waals surface area (Å²) in [5.41, 5.74) is 1.47. The molecule has 0 aliphatic carbocycles. The molecule has 0 unspecified atom stereocenters. The number of hydrogen-bond donors (Lipinski definition) is 1. The molecule has 3 rings (SSSR count). The van der Waals surface area contributed by atoms with Crippen molar-refractivity contribution in [2.24, 2.45) is 16.8 Å². The van der Waals surface area contributed by atoms with Crippen molar-refractivity contribution in [3.8, 4) is 0 Å². The zero-order valence-corrected chi connectivity index (χ0v) is 17.8. The van der Waals surface area contributed by atoms with E-state index in [9.17, 15) is 0 Å². The molecule has 0 radical (unpaired) electrons. The smallest absolute Gasteiger partial charge is 0.193 e. The molecule has 1 N–H and O–H groups in total. The lowest BCUT2D eigenvalue weighted by molar-refractivity contribution is 0.120. The van der Waals surface area contributed by atoms with Crippen LogP contribution in [0.15, 0.2) is 35.3 Å². The zero-order chi connectivity index (χ0) is 19.6. The Morgan fingerprint density at radius 1 is 1.04 bits per heavy atom. The summed E-state index contributed by atoms with van der Waals surface area (Å²) in [4.78, 5) is 9.54. The van der Waals surface area contributed by atoms with Crippen molar-refractivity contribution in [2.45, 2.75) is 32.1 Å². The number of guanidine groups is 1. The fraction of sp³-hybridized carbons (Fsp3) is 0.696. The number of nitrogens with zero attached hydrogens (tertiary/aromatic N) is 3. The summed E-state index contributed by atoms with van der Waals surface area (Å²) in [6.45, 7) is 7.58. The van der Waals surface area contributed by atoms with Crippen molar-refractivity contribution in [1.82, 2.24) is 15.1 Å². The molecule has 28 heavy (non-hydrogen) atoms. The SMILES string of the molecule is CN=C(NCC1CCN(CCOC)CC1)N1CCC(Cc2ccccc2)CC1. The van der Waals surface area contributed by atoms with Gasteiger partial charge in [0.05, 0.1) is 6.61 Å². The number of hydrogen-bond acceptors (Lipinski definition) is 3. The van der Waals surface area contributed by atoms with E-state index < -0.39 is 0 Å². The molecule has 2 aliphatic rings. The highest BCUT2D eigenvalue weighted by atomic mass is 16.5. The Labute approximate surface area is 171 Å². The van der Waals surface area contributed by atoms with Gasteiger partial charge in [-0.2, -0.15) is 0 Å². The van der Waals surface area contributed by atoms with Gasteiger partial charge in [0.1, 0.15) is 0 Å². The zero-order valence-electron chi connectivity index (χ0n) is 17.8. The number of aliphatic imine (C=N–C) groups is 1. The fourth-order valence-electron chi connectivity index (χ4n) is 4.50. The molecule has 2 aliphatic heterocycles. The van der Waals surface area contributed by atoms with Crippen LogP contribution in [-0.2, 0) is 11.2 Å². The monoisotopic (exact) mass is 386 g/mol. The number of rotatable bonds is 7. The summed E-state index contributed by atoms with van der Waals surface area (Å²) in [6, 6.07) is 10.9. The van der Waals surface area contributed by atoms with Crippen molar-refractivity contribution in [3.05, 3.63) is 35.9 Å². The molecule has 0 saturated carbocycles. The quantitative estimate of drug-likeness (QED) is 0.578. The average Bonchev–Trinajstić information content (AvgIpc) is 2.75. The molecular weight excluding hydrogens is 348 g/mol. The summed E-state index contributed by atoms with van der Waals surface area (Å²) in [7, 11) is 3.71. The molecule has 2 fully saturated rings. The van der Waals surface area contributed by atoms with Gasteiger partial charge in [-0.15, -0.1) is 0 Å². The second-order valence-corrected chi connectivity index (χ2v) is 8.33. The van der Waals surface area contributed by atoms with Crippen molar-refractivity contribution < 1.29 is 4.74 Å². The van der Waals surface area contributed by atoms with Gasteiger partial charge in [0, 0.05) is 40.3 Å². The summed E-state index contributed by atoms with van der Waals surface area (Å²) in [5.74, 6) is 2.65. The summed E-state index contributed by atoms with van der Waals surface area (Å²) >= 11 is 0. The van der Waals surface area contributed by atoms with E-state index >= 15 is 0 Å². The number of ether oxygens (including phenoxy) is 1. The normalized spacial score (nSPS) is 20.5. The average molecular weight is 387 g/mol. The van der Waals surface area contributed by atoms with E-state index in [0.29, 0.717) is 0 Å². The van der Waals surface area contributed by atoms with Gasteiger partial charge >= 0.3 is 0 Å². The van der Waals surface area contributed by atoms with Crippen molar-refractivity contribution >= 4 is 5.96 Å². The number of methoxy groups -OCH3 is 1. The predicted molar refractivity (Wildman–Crippen MR) is 117 cm³/mol. The molecule has 156 valence electrons. The molecule has 5 heteroatoms. The number of benzene rings is 1. The van der Waals surface area contributed by atoms with Crippen LogP contribution in [0.1, 0.15) is 31.2 Å². The second-order valence-electron chi connectivity index (χ2n) is 8.33. The maximum atomic E-state index is 5.20. The fourth-order valence-corrected chi connectivity index (χ4v) is 4.50. The topological polar surface area (TPSA) is 40.1 Å². The molecule has 1 aromatic carbocycles. The first kappa shape index (κ1) is 21.1. The maximum Gasteiger partial charge on any atom is 0.193 e. The lowest BCUT2D eigenvalue weighted by Gasteiger charge is -2.36. The predicted octanol–water partition coefficient (Wildman–Crippen LogP) is 2.87. The summed E-state index contributed by atoms with van der Waals surface area (Å²) in [5, 5.41) is 3.66. The summed E-state index contributed by atoms with van der Waals surface area (Å²) < 4.78 is 5.20. The molecule has 0 atom stereocenters. The van der Waals surface area contributed by atoms with Crippen LogP contribution in [0, 0.1) is 11.8 Å². The first-order chi connectivity index (χ1) is 13.8. The molecule has 2 saturated heterocycles. The number of likely N-dealkylation sites (tertiary alicyclic amines) is 2. The Hall–Kier alpha value is -1.59. The molecule has 5 nitrogen and oxygen atoms in total. The van der Waals surface area contributed by atoms with E-state index in [1.54, 1.807) is 7.11 Å². The first-order valence-corrected chi connectivity index (χ1v) is 11.0. The third-order valence-corrected chi connectivity index (χ3v) is 6.36. The van der Waals surface area contributed by atoms with Crippen LogP contribution in [0.4, 0.5) is 0 Å². The van der Waals surface area contributed by atoms with Crippen LogP contribution in [-0.4, -0.2) is 75.8 Å². The van der Waals surface area contributed by atoms with Gasteiger partial charge in [-0.3, -0.25) is 4.99 Å². The Morgan fingerprint density at radius 2 is 1.71 bits per heavy atom. The van der Waals surface area contributed by atoms with Gasteiger partial charge in [-0.25, -0.2) is 0 Å². The van der Waals surface area contributed by atoms with Gasteiger partial charge in [0.15, 0.2) is 5.96 Å². The van der Waals surface area contributed by atoms with Gasteiger partial charge in [-0.1, -0.05) is 30.3 Å². The Morgan fingerprint density at radius 3 is 2.36 bits per heavy atom. The maximum absolute atomic E-state index is 5.20. The highest BCUT2D eigenvalue weighted by molar-refractivity contribution is 5.79. The van der Waals surface area contributed by atoms with E-state index in [1.807, 2.05) is 7.05 Å². The van der Waals surface area contributed by atoms with E-state index in [2.05, 4.69) is 50.4 Å². The van der Waals surface area contributed by atoms with Crippen molar-refractivity contribution in [1.29, 1.82) is 0 Å². The van der Waals surface area contributed by atoms with Gasteiger partial charge in [-0.05, 0) is 62.6 Å². The minimum Gasteiger partial charge on any atom is -0.383 e. The van der Waals surface area contributed by atoms with Gasteiger partial charge in [0.25, 0.3) is 0 Å². The van der Waals surface area contributed by atoms with Crippen LogP contribution in [0.25, 0.3) is 0 Å². The van der Waals surface area contributed by atoms with E-state index in [0.717, 1.165) is 50.6 Å². The van der Waals surface area contributed by atoms with Crippen LogP contribution in [0.2, 0.25) is 0 Å². The number of piperidine rings is 2. The Bertz CT molecular complexity index is 576. The van der Waals surface area contributed by atoms with Gasteiger partial charge in [0.2, 0.25) is 0 Å². The highest BCUT2D eigenvalue weighted by Crippen LogP contribution is 2.22. The molecule has 0 spiro atoms. The lowest BCUT2D eigenvalue weighted by atomic mass is 9.90. The third-order valence-electron chi connectivity index (χ3n) is 6.36. The number of nitrogens with one attached hydrogen (secondary N) is 1. The van der Waals surface area contributed by atoms with Crippen LogP contribution < -0.4 is 5.32 Å². The van der Waals surface area contributed by atoms with E-state index in [-0.39, 0.29) is 0 Å². The largest absolute Gasteiger partial charge is 0.383 e. The standard InChI is InChI=1S/C23H38N4O/c1-24-23(25-19-22-8-12-26(13-9-22)16-17-28-2)27-14-10-21(11-15-27)18-20-6-4-3-5-7-20/h3-7,21-22H,8-19H2,1-2H3,(H,24,25). The highest BCUT2D eigenvalue weighted by Gasteiger charge is 2.23. The molecule has 0 amide bonds. The van der Waals surface area contributed by atoms with Crippen LogP contribution in [0.3, 0.4) is 0 Å². The minimum atomic E-state index is 0.756. The minimum absolute atomic E-state index is 0.756. The van der Waals surface area contributed by atoms with E-state index in [1.165, 1.54) is 50.8 Å². The lowest BCUT2D eigenvalue weighted by Crippen LogP contribution is -2.48. The second kappa shape index (κ2) is 11.4. The molecule has 0 aromatic heterocycles. The van der Waals surface area contributed by atoms with E-state index in [4.69, 9.17) is 4.74 Å². The van der Waals surface area contributed by atoms with Crippen molar-refractivity contribution in [3.63, 3.8) is 0 Å². The first-order valence-electron chi connectivity index (χ1n) is 11.0. The van der Waals surface area contributed by atoms with Crippen LogP contribution in [0.5, 0.6) is 0 Å². The molecule has 2 heterocycles. The van der Waals surface area contributed by atoms with Crippen LogP contribution >= 0.6 is 0 Å². The Kier molecular flexibility index (Phi) is 8.62. The molecule has 1 aromatic rings. The summed E-state index contributed by atoms with van der Waals surface area (Å²) in [6.07, 6.45) is 6.27. The van der Waals surface area contributed by atoms with Crippen molar-refractivity contribution in [2.75, 3.05) is 60.0 Å². The molecular formula is C23H38N4O. The molecule has 0 bridgehead atoms. The Balaban J connectivity index is 1.36. The third kappa shape index (κ3) is 6.49. The van der Waals surface area contributed by atoms with Gasteiger partial charge < -0.3 is 19.9 Å².